The average molecular weight is 213 g/mol. The summed E-state index contributed by atoms with van der Waals surface area (Å²) < 4.78 is 8.91. The predicted molar refractivity (Wildman–Crippen MR) is 51.2 cm³/mol. The van der Waals surface area contributed by atoms with Crippen LogP contribution < -0.4 is 5.32 Å². The monoisotopic (exact) mass is 213 g/mol. The Morgan fingerprint density at radius 3 is 3.36 bits per heavy atom. The minimum absolute atomic E-state index is 0.123. The van der Waals surface area contributed by atoms with Crippen molar-refractivity contribution in [1.82, 2.24) is 14.9 Å². The number of ether oxygens (including phenoxy) is 1. The molecule has 0 radical (unpaired) electrons. The summed E-state index contributed by atoms with van der Waals surface area (Å²) in [7, 11) is 0. The molecule has 1 atom stereocenters. The van der Waals surface area contributed by atoms with Crippen LogP contribution in [-0.2, 0) is 16.0 Å². The summed E-state index contributed by atoms with van der Waals surface area (Å²) >= 11 is 1.26. The quantitative estimate of drug-likeness (QED) is 0.742. The number of rotatable bonds is 3. The number of carbonyl (C=O) groups excluding carboxylic acids is 1. The van der Waals surface area contributed by atoms with Gasteiger partial charge in [0.25, 0.3) is 0 Å². The standard InChI is InChI=1S/C8H11N3O2S/c12-8(3-6-5-14-11-10-6)7-4-13-2-1-9-7/h5,7,9H,1-4H2. The highest BCUT2D eigenvalue weighted by Gasteiger charge is 2.21. The number of hydrogen-bond donors (Lipinski definition) is 1. The number of Topliss-reactive ketones (excluding diaryl/α,β-unsaturated/α-hetero) is 1. The number of ketones is 1. The molecule has 1 unspecified atom stereocenters. The molecule has 0 aromatic carbocycles. The second-order valence-corrected chi connectivity index (χ2v) is 3.73. The molecule has 2 heterocycles. The third-order valence-corrected chi connectivity index (χ3v) is 2.62. The van der Waals surface area contributed by atoms with Crippen LogP contribution in [0, 0.1) is 0 Å². The van der Waals surface area contributed by atoms with E-state index in [1.54, 1.807) is 5.38 Å². The molecule has 0 aliphatic carbocycles. The second-order valence-electron chi connectivity index (χ2n) is 3.12. The lowest BCUT2D eigenvalue weighted by Gasteiger charge is -2.22. The topological polar surface area (TPSA) is 64.1 Å². The molecule has 1 aromatic rings. The molecule has 6 heteroatoms. The molecule has 1 saturated heterocycles. The fraction of sp³-hybridized carbons (Fsp3) is 0.625. The van der Waals surface area contributed by atoms with E-state index in [-0.39, 0.29) is 11.8 Å². The normalized spacial score (nSPS) is 22.1. The maximum atomic E-state index is 11.7. The Hall–Kier alpha value is -0.850. The lowest BCUT2D eigenvalue weighted by molar-refractivity contribution is -0.123. The van der Waals surface area contributed by atoms with Gasteiger partial charge < -0.3 is 10.1 Å². The molecule has 76 valence electrons. The first kappa shape index (κ1) is 9.70. The van der Waals surface area contributed by atoms with Gasteiger partial charge in [0.05, 0.1) is 31.4 Å². The van der Waals surface area contributed by atoms with Crippen LogP contribution in [0.1, 0.15) is 5.69 Å². The number of carbonyl (C=O) groups is 1. The van der Waals surface area contributed by atoms with Gasteiger partial charge in [-0.05, 0) is 11.5 Å². The van der Waals surface area contributed by atoms with E-state index in [0.29, 0.717) is 19.6 Å². The van der Waals surface area contributed by atoms with Gasteiger partial charge in [0.2, 0.25) is 0 Å². The zero-order valence-corrected chi connectivity index (χ0v) is 8.42. The van der Waals surface area contributed by atoms with Gasteiger partial charge in [0, 0.05) is 11.9 Å². The third-order valence-electron chi connectivity index (χ3n) is 2.07. The SMILES string of the molecule is O=C(Cc1csnn1)C1COCCN1. The van der Waals surface area contributed by atoms with Gasteiger partial charge in [-0.1, -0.05) is 4.49 Å². The highest BCUT2D eigenvalue weighted by atomic mass is 32.1. The molecular weight excluding hydrogens is 202 g/mol. The van der Waals surface area contributed by atoms with E-state index >= 15 is 0 Å². The van der Waals surface area contributed by atoms with Gasteiger partial charge in [0.15, 0.2) is 5.78 Å². The van der Waals surface area contributed by atoms with Crippen LogP contribution in [0.3, 0.4) is 0 Å². The fourth-order valence-electron chi connectivity index (χ4n) is 1.33. The summed E-state index contributed by atoms with van der Waals surface area (Å²) in [5.41, 5.74) is 0.743. The van der Waals surface area contributed by atoms with Gasteiger partial charge in [-0.2, -0.15) is 0 Å². The Bertz CT molecular complexity index is 296. The lowest BCUT2D eigenvalue weighted by Crippen LogP contribution is -2.47. The van der Waals surface area contributed by atoms with Crippen molar-refractivity contribution in [2.75, 3.05) is 19.8 Å². The van der Waals surface area contributed by atoms with Crippen molar-refractivity contribution in [3.63, 3.8) is 0 Å². The molecule has 0 bridgehead atoms. The molecule has 0 spiro atoms. The van der Waals surface area contributed by atoms with E-state index in [9.17, 15) is 4.79 Å². The van der Waals surface area contributed by atoms with Gasteiger partial charge in [0.1, 0.15) is 0 Å². The second kappa shape index (κ2) is 4.59. The van der Waals surface area contributed by atoms with Gasteiger partial charge in [-0.15, -0.1) is 5.10 Å². The van der Waals surface area contributed by atoms with E-state index < -0.39 is 0 Å². The number of morpholine rings is 1. The predicted octanol–water partition coefficient (Wildman–Crippen LogP) is -0.362. The molecule has 0 amide bonds. The van der Waals surface area contributed by atoms with E-state index in [1.807, 2.05) is 0 Å². The number of hydrogen-bond acceptors (Lipinski definition) is 6. The van der Waals surface area contributed by atoms with Crippen LogP contribution in [0.15, 0.2) is 5.38 Å². The van der Waals surface area contributed by atoms with Crippen molar-refractivity contribution in [2.45, 2.75) is 12.5 Å². The maximum absolute atomic E-state index is 11.7. The first-order valence-electron chi connectivity index (χ1n) is 4.46. The summed E-state index contributed by atoms with van der Waals surface area (Å²) in [5.74, 6) is 0.123. The van der Waals surface area contributed by atoms with Gasteiger partial charge in [-0.25, -0.2) is 0 Å². The first-order chi connectivity index (χ1) is 6.86. The van der Waals surface area contributed by atoms with Crippen molar-refractivity contribution in [1.29, 1.82) is 0 Å². The molecule has 1 aliphatic rings. The van der Waals surface area contributed by atoms with Crippen molar-refractivity contribution >= 4 is 17.3 Å². The zero-order chi connectivity index (χ0) is 9.80. The molecule has 0 saturated carbocycles. The minimum atomic E-state index is -0.176. The van der Waals surface area contributed by atoms with E-state index in [1.165, 1.54) is 11.5 Å². The van der Waals surface area contributed by atoms with Crippen molar-refractivity contribution < 1.29 is 9.53 Å². The Morgan fingerprint density at radius 1 is 1.79 bits per heavy atom. The lowest BCUT2D eigenvalue weighted by atomic mass is 10.1. The van der Waals surface area contributed by atoms with Crippen molar-refractivity contribution in [2.24, 2.45) is 0 Å². The Morgan fingerprint density at radius 2 is 2.71 bits per heavy atom. The third kappa shape index (κ3) is 2.34. The Labute approximate surface area is 85.6 Å². The van der Waals surface area contributed by atoms with E-state index in [2.05, 4.69) is 14.9 Å². The van der Waals surface area contributed by atoms with Crippen molar-refractivity contribution in [3.05, 3.63) is 11.1 Å². The molecule has 1 aliphatic heterocycles. The van der Waals surface area contributed by atoms with Crippen LogP contribution in [0.5, 0.6) is 0 Å². The van der Waals surface area contributed by atoms with Crippen LogP contribution in [0.2, 0.25) is 0 Å². The van der Waals surface area contributed by atoms with Crippen LogP contribution in [0.4, 0.5) is 0 Å². The van der Waals surface area contributed by atoms with Crippen LogP contribution in [-0.4, -0.2) is 41.2 Å². The maximum Gasteiger partial charge on any atom is 0.158 e. The molecule has 1 N–H and O–H groups in total. The summed E-state index contributed by atoms with van der Waals surface area (Å²) in [6, 6.07) is -0.176. The van der Waals surface area contributed by atoms with Crippen LogP contribution in [0.25, 0.3) is 0 Å². The molecule has 2 rings (SSSR count). The zero-order valence-electron chi connectivity index (χ0n) is 7.60. The van der Waals surface area contributed by atoms with E-state index in [0.717, 1.165) is 12.2 Å². The van der Waals surface area contributed by atoms with Gasteiger partial charge in [-0.3, -0.25) is 4.79 Å². The van der Waals surface area contributed by atoms with Crippen molar-refractivity contribution in [3.8, 4) is 0 Å². The number of nitrogens with one attached hydrogen (secondary N) is 1. The summed E-state index contributed by atoms with van der Waals surface area (Å²) in [6.45, 7) is 1.89. The summed E-state index contributed by atoms with van der Waals surface area (Å²) in [6.07, 6.45) is 0.345. The van der Waals surface area contributed by atoms with Crippen LogP contribution >= 0.6 is 11.5 Å². The van der Waals surface area contributed by atoms with Gasteiger partial charge >= 0.3 is 0 Å². The molecular formula is C8H11N3O2S. The molecule has 5 nitrogen and oxygen atoms in total. The highest BCUT2D eigenvalue weighted by Crippen LogP contribution is 2.03. The highest BCUT2D eigenvalue weighted by molar-refractivity contribution is 7.03. The largest absolute Gasteiger partial charge is 0.378 e. The Balaban J connectivity index is 1.88. The number of aromatic nitrogens is 2. The smallest absolute Gasteiger partial charge is 0.158 e. The fourth-order valence-corrected chi connectivity index (χ4v) is 1.79. The average Bonchev–Trinajstić information content (AvgIpc) is 2.72. The summed E-state index contributed by atoms with van der Waals surface area (Å²) in [4.78, 5) is 11.7. The first-order valence-corrected chi connectivity index (χ1v) is 5.29. The molecule has 1 fully saturated rings. The Kier molecular flexibility index (Phi) is 3.18. The molecule has 14 heavy (non-hydrogen) atoms. The minimum Gasteiger partial charge on any atom is -0.378 e. The molecule has 1 aromatic heterocycles. The van der Waals surface area contributed by atoms with E-state index in [4.69, 9.17) is 4.74 Å². The summed E-state index contributed by atoms with van der Waals surface area (Å²) in [5, 5.41) is 8.74. The number of nitrogens with zero attached hydrogens (tertiary/aromatic N) is 2.